The van der Waals surface area contributed by atoms with Gasteiger partial charge in [-0.2, -0.15) is 0 Å². The monoisotopic (exact) mass is 376 g/mol. The lowest BCUT2D eigenvalue weighted by molar-refractivity contribution is 0.102. The average molecular weight is 376 g/mol. The van der Waals surface area contributed by atoms with Gasteiger partial charge >= 0.3 is 0 Å². The van der Waals surface area contributed by atoms with Gasteiger partial charge in [-0.15, -0.1) is 0 Å². The van der Waals surface area contributed by atoms with E-state index in [-0.39, 0.29) is 22.9 Å². The van der Waals surface area contributed by atoms with Gasteiger partial charge in [0.2, 0.25) is 10.0 Å². The molecule has 0 bridgehead atoms. The molecule has 0 heterocycles. The van der Waals surface area contributed by atoms with E-state index in [0.29, 0.717) is 17.9 Å². The average Bonchev–Trinajstić information content (AvgIpc) is 2.61. The third-order valence-electron chi connectivity index (χ3n) is 3.75. The van der Waals surface area contributed by atoms with E-state index in [0.717, 1.165) is 0 Å². The fourth-order valence-corrected chi connectivity index (χ4v) is 3.65. The molecule has 0 aromatic heterocycles. The van der Waals surface area contributed by atoms with Gasteiger partial charge in [-0.1, -0.05) is 26.0 Å². The first kappa shape index (κ1) is 19.8. The Bertz CT molecular complexity index is 846. The predicted molar refractivity (Wildman–Crippen MR) is 104 cm³/mol. The highest BCUT2D eigenvalue weighted by atomic mass is 32.2. The van der Waals surface area contributed by atoms with Crippen molar-refractivity contribution in [2.45, 2.75) is 20.3 Å². The Balaban J connectivity index is 2.15. The molecule has 0 saturated carbocycles. The van der Waals surface area contributed by atoms with Crippen LogP contribution in [0.4, 0.5) is 11.4 Å². The van der Waals surface area contributed by atoms with Gasteiger partial charge in [0.05, 0.1) is 24.1 Å². The summed E-state index contributed by atoms with van der Waals surface area (Å²) in [7, 11) is -1.95. The molecule has 0 aliphatic heterocycles. The van der Waals surface area contributed by atoms with E-state index in [2.05, 4.69) is 10.0 Å². The summed E-state index contributed by atoms with van der Waals surface area (Å²) in [6.45, 7) is 3.93. The van der Waals surface area contributed by atoms with E-state index in [4.69, 9.17) is 4.74 Å². The second-order valence-electron chi connectivity index (χ2n) is 6.33. The summed E-state index contributed by atoms with van der Waals surface area (Å²) in [5.74, 6) is 0.581. The van der Waals surface area contributed by atoms with Gasteiger partial charge in [0.15, 0.2) is 0 Å². The third kappa shape index (κ3) is 5.77. The first-order valence-corrected chi connectivity index (χ1v) is 10.0. The number of hydrogen-bond acceptors (Lipinski definition) is 4. The van der Waals surface area contributed by atoms with Crippen LogP contribution in [0.25, 0.3) is 0 Å². The highest BCUT2D eigenvalue weighted by Gasteiger charge is 2.17. The van der Waals surface area contributed by atoms with Gasteiger partial charge in [0.25, 0.3) is 5.91 Å². The van der Waals surface area contributed by atoms with Crippen LogP contribution >= 0.6 is 0 Å². The molecule has 0 fully saturated rings. The number of sulfonamides is 1. The number of carbonyl (C=O) groups is 1. The van der Waals surface area contributed by atoms with Crippen molar-refractivity contribution < 1.29 is 17.9 Å². The first-order chi connectivity index (χ1) is 12.3. The lowest BCUT2D eigenvalue weighted by atomic mass is 10.1. The first-order valence-electron chi connectivity index (χ1n) is 8.35. The number of benzene rings is 2. The quantitative estimate of drug-likeness (QED) is 0.735. The molecular weight excluding hydrogens is 352 g/mol. The van der Waals surface area contributed by atoms with Gasteiger partial charge in [-0.25, -0.2) is 8.42 Å². The van der Waals surface area contributed by atoms with Gasteiger partial charge in [-0.05, 0) is 48.7 Å². The van der Waals surface area contributed by atoms with E-state index in [1.54, 1.807) is 55.6 Å². The summed E-state index contributed by atoms with van der Waals surface area (Å²) < 4.78 is 32.1. The number of rotatable bonds is 8. The Hall–Kier alpha value is -2.54. The maximum absolute atomic E-state index is 12.6. The van der Waals surface area contributed by atoms with Gasteiger partial charge < -0.3 is 10.1 Å². The molecule has 2 rings (SSSR count). The number of amides is 1. The van der Waals surface area contributed by atoms with Crippen LogP contribution in [0.5, 0.6) is 5.75 Å². The largest absolute Gasteiger partial charge is 0.497 e. The van der Waals surface area contributed by atoms with E-state index in [1.165, 1.54) is 0 Å². The van der Waals surface area contributed by atoms with E-state index < -0.39 is 15.9 Å². The third-order valence-corrected chi connectivity index (χ3v) is 5.05. The zero-order valence-electron chi connectivity index (χ0n) is 15.2. The van der Waals surface area contributed by atoms with Crippen molar-refractivity contribution in [1.29, 1.82) is 0 Å². The maximum Gasteiger partial charge on any atom is 0.257 e. The van der Waals surface area contributed by atoms with Crippen molar-refractivity contribution in [2.75, 3.05) is 22.9 Å². The fourth-order valence-electron chi connectivity index (χ4n) is 2.25. The Morgan fingerprint density at radius 3 is 2.35 bits per heavy atom. The molecule has 7 heteroatoms. The molecule has 1 amide bonds. The summed E-state index contributed by atoms with van der Waals surface area (Å²) in [5, 5.41) is 2.76. The molecule has 0 unspecified atom stereocenters. The summed E-state index contributed by atoms with van der Waals surface area (Å²) >= 11 is 0. The van der Waals surface area contributed by atoms with Crippen molar-refractivity contribution in [2.24, 2.45) is 5.92 Å². The molecule has 0 radical (unpaired) electrons. The number of methoxy groups -OCH3 is 1. The van der Waals surface area contributed by atoms with Crippen LogP contribution in [-0.4, -0.2) is 27.2 Å². The number of ether oxygens (including phenoxy) is 1. The van der Waals surface area contributed by atoms with Crippen LogP contribution in [-0.2, 0) is 10.0 Å². The Labute approximate surface area is 154 Å². The summed E-state index contributed by atoms with van der Waals surface area (Å²) in [6.07, 6.45) is 0.551. The standard InChI is InChI=1S/C19H24N2O4S/c1-14(2)12-13-26(23,24)21-18-7-5-4-6-17(18)19(22)20-15-8-10-16(25-3)11-9-15/h4-11,14,21H,12-13H2,1-3H3,(H,20,22). The van der Waals surface area contributed by atoms with E-state index >= 15 is 0 Å². The fraction of sp³-hybridized carbons (Fsp3) is 0.316. The van der Waals surface area contributed by atoms with Crippen molar-refractivity contribution >= 4 is 27.3 Å². The van der Waals surface area contributed by atoms with E-state index in [9.17, 15) is 13.2 Å². The lowest BCUT2D eigenvalue weighted by Gasteiger charge is -2.13. The number of carbonyl (C=O) groups excluding carboxylic acids is 1. The highest BCUT2D eigenvalue weighted by molar-refractivity contribution is 7.92. The van der Waals surface area contributed by atoms with Crippen LogP contribution in [0.1, 0.15) is 30.6 Å². The Morgan fingerprint density at radius 1 is 1.08 bits per heavy atom. The lowest BCUT2D eigenvalue weighted by Crippen LogP contribution is -2.21. The maximum atomic E-state index is 12.6. The molecule has 140 valence electrons. The minimum absolute atomic E-state index is 0.0130. The number of hydrogen-bond donors (Lipinski definition) is 2. The van der Waals surface area contributed by atoms with Gasteiger partial charge in [0.1, 0.15) is 5.75 Å². The summed E-state index contributed by atoms with van der Waals surface area (Å²) in [4.78, 5) is 12.6. The summed E-state index contributed by atoms with van der Waals surface area (Å²) in [5.41, 5.74) is 1.12. The SMILES string of the molecule is COc1ccc(NC(=O)c2ccccc2NS(=O)(=O)CCC(C)C)cc1. The molecule has 0 saturated heterocycles. The Kier molecular flexibility index (Phi) is 6.63. The second kappa shape index (κ2) is 8.71. The Morgan fingerprint density at radius 2 is 1.73 bits per heavy atom. The summed E-state index contributed by atoms with van der Waals surface area (Å²) in [6, 6.07) is 13.4. The minimum atomic E-state index is -3.51. The zero-order chi connectivity index (χ0) is 19.2. The van der Waals surface area contributed by atoms with Crippen molar-refractivity contribution in [3.63, 3.8) is 0 Å². The smallest absolute Gasteiger partial charge is 0.257 e. The molecule has 26 heavy (non-hydrogen) atoms. The van der Waals surface area contributed by atoms with E-state index in [1.807, 2.05) is 13.8 Å². The topological polar surface area (TPSA) is 84.5 Å². The van der Waals surface area contributed by atoms with Crippen molar-refractivity contribution in [3.8, 4) is 5.75 Å². The van der Waals surface area contributed by atoms with Crippen molar-refractivity contribution in [1.82, 2.24) is 0 Å². The molecule has 0 atom stereocenters. The minimum Gasteiger partial charge on any atom is -0.497 e. The number of para-hydroxylation sites is 1. The molecular formula is C19H24N2O4S. The molecule has 0 aliphatic rings. The molecule has 0 aliphatic carbocycles. The predicted octanol–water partition coefficient (Wildman–Crippen LogP) is 3.74. The number of nitrogens with one attached hydrogen (secondary N) is 2. The van der Waals surface area contributed by atoms with Crippen LogP contribution in [0, 0.1) is 5.92 Å². The zero-order valence-corrected chi connectivity index (χ0v) is 16.0. The van der Waals surface area contributed by atoms with Gasteiger partial charge in [0, 0.05) is 5.69 Å². The molecule has 2 aromatic carbocycles. The molecule has 2 aromatic rings. The van der Waals surface area contributed by atoms with Crippen molar-refractivity contribution in [3.05, 3.63) is 54.1 Å². The molecule has 0 spiro atoms. The number of anilines is 2. The highest BCUT2D eigenvalue weighted by Crippen LogP contribution is 2.20. The van der Waals surface area contributed by atoms with Crippen LogP contribution in [0.3, 0.4) is 0 Å². The second-order valence-corrected chi connectivity index (χ2v) is 8.17. The van der Waals surface area contributed by atoms with Gasteiger partial charge in [-0.3, -0.25) is 9.52 Å². The molecule has 6 nitrogen and oxygen atoms in total. The van der Waals surface area contributed by atoms with Crippen LogP contribution in [0.2, 0.25) is 0 Å². The van der Waals surface area contributed by atoms with Crippen LogP contribution < -0.4 is 14.8 Å². The van der Waals surface area contributed by atoms with Crippen LogP contribution in [0.15, 0.2) is 48.5 Å². The molecule has 2 N–H and O–H groups in total. The normalized spacial score (nSPS) is 11.2.